The number of carbonyl (C=O) groups is 1. The van der Waals surface area contributed by atoms with Crippen LogP contribution >= 0.6 is 0 Å². The van der Waals surface area contributed by atoms with E-state index >= 15 is 0 Å². The maximum atomic E-state index is 11.6. The number of aliphatic hydroxyl groups is 2. The van der Waals surface area contributed by atoms with E-state index in [2.05, 4.69) is 9.97 Å². The van der Waals surface area contributed by atoms with E-state index in [1.807, 2.05) is 0 Å². The summed E-state index contributed by atoms with van der Waals surface area (Å²) in [4.78, 5) is 19.5. The fourth-order valence-corrected chi connectivity index (χ4v) is 2.59. The number of hydrogen-bond donors (Lipinski definition) is 4. The van der Waals surface area contributed by atoms with Crippen molar-refractivity contribution in [3.05, 3.63) is 18.1 Å². The van der Waals surface area contributed by atoms with Gasteiger partial charge in [0.2, 0.25) is 0 Å². The highest BCUT2D eigenvalue weighted by molar-refractivity contribution is 6.08. The fraction of sp³-hybridized carbons (Fsp3) is 0.417. The number of anilines is 1. The summed E-state index contributed by atoms with van der Waals surface area (Å²) >= 11 is 0. The molecule has 0 spiro atoms. The van der Waals surface area contributed by atoms with Crippen molar-refractivity contribution < 1.29 is 19.7 Å². The molecular formula is C12H15N5O4. The van der Waals surface area contributed by atoms with Gasteiger partial charge < -0.3 is 31.0 Å². The molecule has 9 heteroatoms. The van der Waals surface area contributed by atoms with Crippen molar-refractivity contribution in [2.24, 2.45) is 5.73 Å². The highest BCUT2D eigenvalue weighted by Crippen LogP contribution is 2.33. The molecule has 1 unspecified atom stereocenters. The molecule has 2 aromatic heterocycles. The Morgan fingerprint density at radius 1 is 1.52 bits per heavy atom. The molecule has 1 saturated heterocycles. The van der Waals surface area contributed by atoms with E-state index < -0.39 is 24.3 Å². The van der Waals surface area contributed by atoms with Crippen LogP contribution < -0.4 is 11.5 Å². The number of hydrogen-bond acceptors (Lipinski definition) is 7. The van der Waals surface area contributed by atoms with Crippen LogP contribution in [0.2, 0.25) is 0 Å². The van der Waals surface area contributed by atoms with Crippen molar-refractivity contribution in [1.29, 1.82) is 0 Å². The zero-order chi connectivity index (χ0) is 15.1. The van der Waals surface area contributed by atoms with Gasteiger partial charge in [0.15, 0.2) is 6.23 Å². The van der Waals surface area contributed by atoms with Crippen LogP contribution in [-0.4, -0.2) is 49.5 Å². The van der Waals surface area contributed by atoms with E-state index in [4.69, 9.17) is 21.3 Å². The molecule has 6 N–H and O–H groups in total. The van der Waals surface area contributed by atoms with Gasteiger partial charge >= 0.3 is 0 Å². The van der Waals surface area contributed by atoms with Gasteiger partial charge in [-0.2, -0.15) is 0 Å². The van der Waals surface area contributed by atoms with E-state index in [-0.39, 0.29) is 24.4 Å². The highest BCUT2D eigenvalue weighted by Gasteiger charge is 2.36. The van der Waals surface area contributed by atoms with Gasteiger partial charge in [-0.3, -0.25) is 4.79 Å². The van der Waals surface area contributed by atoms with Gasteiger partial charge in [0.05, 0.1) is 23.7 Å². The van der Waals surface area contributed by atoms with Crippen molar-refractivity contribution in [1.82, 2.24) is 14.5 Å². The van der Waals surface area contributed by atoms with Crippen LogP contribution in [0.15, 0.2) is 12.5 Å². The first-order valence-electron chi connectivity index (χ1n) is 6.38. The molecule has 9 nitrogen and oxygen atoms in total. The lowest BCUT2D eigenvalue weighted by atomic mass is 10.2. The van der Waals surface area contributed by atoms with Crippen LogP contribution in [-0.2, 0) is 4.74 Å². The summed E-state index contributed by atoms with van der Waals surface area (Å²) in [6.07, 6.45) is 0.892. The molecule has 0 bridgehead atoms. The van der Waals surface area contributed by atoms with E-state index in [9.17, 15) is 9.90 Å². The number of aliphatic hydroxyl groups excluding tert-OH is 2. The van der Waals surface area contributed by atoms with Crippen LogP contribution in [0.25, 0.3) is 11.0 Å². The monoisotopic (exact) mass is 293 g/mol. The standard InChI is InChI=1S/C12H15N5O4/c13-9-8-6(10(14)20)2-17(11(8)16-4-15-9)12-7(19)1-5(3-18)21-12/h2,4-5,7,12,18-19H,1,3H2,(H2,14,20)(H2,13,15,16)/t5-,7+,12?/m0/s1. The Labute approximate surface area is 119 Å². The second-order valence-corrected chi connectivity index (χ2v) is 4.91. The first-order valence-corrected chi connectivity index (χ1v) is 6.38. The summed E-state index contributed by atoms with van der Waals surface area (Å²) in [7, 11) is 0. The van der Waals surface area contributed by atoms with Crippen molar-refractivity contribution in [3.63, 3.8) is 0 Å². The summed E-state index contributed by atoms with van der Waals surface area (Å²) in [6.45, 7) is -0.202. The summed E-state index contributed by atoms with van der Waals surface area (Å²) in [5.41, 5.74) is 11.6. The quantitative estimate of drug-likeness (QED) is 0.552. The van der Waals surface area contributed by atoms with Gasteiger partial charge in [0.1, 0.15) is 23.9 Å². The third-order valence-corrected chi connectivity index (χ3v) is 3.55. The SMILES string of the molecule is NC(=O)c1cn(C2O[C@H](CO)C[C@H]2O)c2ncnc(N)c12. The molecular weight excluding hydrogens is 278 g/mol. The Hall–Kier alpha value is -2.23. The van der Waals surface area contributed by atoms with E-state index in [1.165, 1.54) is 17.1 Å². The number of rotatable bonds is 3. The molecule has 2 aromatic rings. The van der Waals surface area contributed by atoms with Gasteiger partial charge in [0, 0.05) is 12.6 Å². The lowest BCUT2D eigenvalue weighted by Crippen LogP contribution is -2.19. The average Bonchev–Trinajstić information content (AvgIpc) is 3.00. The van der Waals surface area contributed by atoms with Crippen LogP contribution in [0.1, 0.15) is 23.0 Å². The predicted octanol–water partition coefficient (Wildman–Crippen LogP) is -1.25. The lowest BCUT2D eigenvalue weighted by molar-refractivity contribution is -0.0484. The Morgan fingerprint density at radius 2 is 2.29 bits per heavy atom. The number of primary amides is 1. The minimum Gasteiger partial charge on any atom is -0.394 e. The molecule has 0 radical (unpaired) electrons. The number of fused-ring (bicyclic) bond motifs is 1. The Bertz CT molecular complexity index is 700. The van der Waals surface area contributed by atoms with E-state index in [0.717, 1.165) is 0 Å². The maximum Gasteiger partial charge on any atom is 0.251 e. The molecule has 0 saturated carbocycles. The highest BCUT2D eigenvalue weighted by atomic mass is 16.5. The largest absolute Gasteiger partial charge is 0.394 e. The maximum absolute atomic E-state index is 11.6. The van der Waals surface area contributed by atoms with Crippen LogP contribution in [0.5, 0.6) is 0 Å². The molecule has 3 atom stereocenters. The summed E-state index contributed by atoms with van der Waals surface area (Å²) < 4.78 is 7.05. The van der Waals surface area contributed by atoms with E-state index in [1.54, 1.807) is 0 Å². The normalized spacial score (nSPS) is 25.5. The van der Waals surface area contributed by atoms with Crippen molar-refractivity contribution in [2.45, 2.75) is 24.9 Å². The lowest BCUT2D eigenvalue weighted by Gasteiger charge is -2.17. The molecule has 21 heavy (non-hydrogen) atoms. The fourth-order valence-electron chi connectivity index (χ4n) is 2.59. The number of nitrogens with zero attached hydrogens (tertiary/aromatic N) is 3. The van der Waals surface area contributed by atoms with Gasteiger partial charge in [-0.15, -0.1) is 0 Å². The molecule has 1 amide bonds. The summed E-state index contributed by atoms with van der Waals surface area (Å²) in [5, 5.41) is 19.5. The number of carbonyl (C=O) groups excluding carboxylic acids is 1. The Morgan fingerprint density at radius 3 is 2.90 bits per heavy atom. The molecule has 1 fully saturated rings. The predicted molar refractivity (Wildman–Crippen MR) is 72.1 cm³/mol. The number of nitrogens with two attached hydrogens (primary N) is 2. The van der Waals surface area contributed by atoms with Gasteiger partial charge in [0.25, 0.3) is 5.91 Å². The van der Waals surface area contributed by atoms with Crippen molar-refractivity contribution in [3.8, 4) is 0 Å². The smallest absolute Gasteiger partial charge is 0.251 e. The summed E-state index contributed by atoms with van der Waals surface area (Å²) in [5.74, 6) is -0.551. The van der Waals surface area contributed by atoms with Crippen LogP contribution in [0.4, 0.5) is 5.82 Å². The zero-order valence-electron chi connectivity index (χ0n) is 11.0. The van der Waals surface area contributed by atoms with Crippen molar-refractivity contribution >= 4 is 22.8 Å². The van der Waals surface area contributed by atoms with E-state index in [0.29, 0.717) is 11.0 Å². The number of aromatic nitrogens is 3. The second kappa shape index (κ2) is 4.95. The van der Waals surface area contributed by atoms with Gasteiger partial charge in [-0.1, -0.05) is 0 Å². The molecule has 112 valence electrons. The average molecular weight is 293 g/mol. The summed E-state index contributed by atoms with van der Waals surface area (Å²) in [6, 6.07) is 0. The Kier molecular flexibility index (Phi) is 3.24. The Balaban J connectivity index is 2.16. The van der Waals surface area contributed by atoms with Gasteiger partial charge in [-0.05, 0) is 0 Å². The first kappa shape index (κ1) is 13.7. The van der Waals surface area contributed by atoms with Crippen LogP contribution in [0.3, 0.4) is 0 Å². The third kappa shape index (κ3) is 2.11. The molecule has 3 rings (SSSR count). The molecule has 3 heterocycles. The minimum absolute atomic E-state index is 0.124. The number of nitrogen functional groups attached to an aromatic ring is 1. The second-order valence-electron chi connectivity index (χ2n) is 4.91. The third-order valence-electron chi connectivity index (χ3n) is 3.55. The van der Waals surface area contributed by atoms with Crippen molar-refractivity contribution in [2.75, 3.05) is 12.3 Å². The number of ether oxygens (including phenoxy) is 1. The topological polar surface area (TPSA) is 150 Å². The van der Waals surface area contributed by atoms with Crippen LogP contribution in [0, 0.1) is 0 Å². The molecule has 0 aromatic carbocycles. The molecule has 1 aliphatic heterocycles. The first-order chi connectivity index (χ1) is 10.0. The molecule has 1 aliphatic rings. The number of amides is 1. The zero-order valence-corrected chi connectivity index (χ0v) is 11.0. The minimum atomic E-state index is -0.838. The molecule has 0 aliphatic carbocycles. The van der Waals surface area contributed by atoms with Gasteiger partial charge in [-0.25, -0.2) is 9.97 Å².